The highest BCUT2D eigenvalue weighted by Gasteiger charge is 2.61. The van der Waals surface area contributed by atoms with Crippen LogP contribution in [0.1, 0.15) is 44.1 Å². The van der Waals surface area contributed by atoms with E-state index in [0.717, 1.165) is 37.7 Å². The standard InChI is InChI=1S/C17H21ClO4/c1-19-15-16-10-3-2-4-12(16)9-11-17(20-15,22-21-16)13-5-7-14(18)8-6-13/h5-8,12,15H,2-4,9-11H2,1H3/t12-,15-,16+,17+/m1/s1. The van der Waals surface area contributed by atoms with Crippen molar-refractivity contribution >= 4 is 11.6 Å². The lowest BCUT2D eigenvalue weighted by Crippen LogP contribution is -2.59. The van der Waals surface area contributed by atoms with Crippen LogP contribution in [0.3, 0.4) is 0 Å². The molecule has 0 aromatic heterocycles. The molecular formula is C17H21ClO4. The highest BCUT2D eigenvalue weighted by molar-refractivity contribution is 6.30. The fourth-order valence-electron chi connectivity index (χ4n) is 4.20. The Morgan fingerprint density at radius 2 is 1.91 bits per heavy atom. The summed E-state index contributed by atoms with van der Waals surface area (Å²) in [5.74, 6) is -0.476. The van der Waals surface area contributed by atoms with Gasteiger partial charge in [-0.3, -0.25) is 0 Å². The van der Waals surface area contributed by atoms with Crippen LogP contribution in [-0.2, 0) is 25.0 Å². The predicted octanol–water partition coefficient (Wildman–Crippen LogP) is 4.17. The largest absolute Gasteiger partial charge is 0.353 e. The summed E-state index contributed by atoms with van der Waals surface area (Å²) in [6.07, 6.45) is 5.81. The maximum absolute atomic E-state index is 6.32. The Hall–Kier alpha value is -0.650. The SMILES string of the molecule is CO[C@@H]1O[C@@]2(c3ccc(Cl)cc3)CC[C@H]3CCCC[C@]31OO2. The second-order valence-electron chi connectivity index (χ2n) is 6.55. The van der Waals surface area contributed by atoms with Crippen LogP contribution in [-0.4, -0.2) is 19.0 Å². The normalized spacial score (nSPS) is 41.0. The van der Waals surface area contributed by atoms with Gasteiger partial charge in [0.1, 0.15) is 0 Å². The fourth-order valence-corrected chi connectivity index (χ4v) is 4.33. The maximum Gasteiger partial charge on any atom is 0.230 e. The first-order chi connectivity index (χ1) is 10.7. The summed E-state index contributed by atoms with van der Waals surface area (Å²) in [5, 5.41) is 0.693. The summed E-state index contributed by atoms with van der Waals surface area (Å²) in [6, 6.07) is 7.57. The first-order valence-corrected chi connectivity index (χ1v) is 8.40. The van der Waals surface area contributed by atoms with Crippen molar-refractivity contribution in [2.45, 2.75) is 56.2 Å². The molecule has 5 rings (SSSR count). The van der Waals surface area contributed by atoms with Crippen molar-refractivity contribution < 1.29 is 19.2 Å². The van der Waals surface area contributed by atoms with Gasteiger partial charge in [0.05, 0.1) is 0 Å². The van der Waals surface area contributed by atoms with Crippen molar-refractivity contribution in [3.63, 3.8) is 0 Å². The average molecular weight is 325 g/mol. The lowest BCUT2D eigenvalue weighted by Gasteiger charge is -2.49. The molecule has 0 amide bonds. The number of halogens is 1. The third-order valence-electron chi connectivity index (χ3n) is 5.41. The summed E-state index contributed by atoms with van der Waals surface area (Å²) in [7, 11) is 1.69. The topological polar surface area (TPSA) is 36.9 Å². The van der Waals surface area contributed by atoms with Gasteiger partial charge in [-0.2, -0.15) is 4.89 Å². The van der Waals surface area contributed by atoms with Gasteiger partial charge < -0.3 is 9.47 Å². The maximum atomic E-state index is 6.32. The van der Waals surface area contributed by atoms with E-state index in [0.29, 0.717) is 10.9 Å². The Morgan fingerprint density at radius 3 is 2.68 bits per heavy atom. The van der Waals surface area contributed by atoms with E-state index in [9.17, 15) is 0 Å². The first kappa shape index (κ1) is 14.9. The third kappa shape index (κ3) is 2.13. The Bertz CT molecular complexity index is 544. The van der Waals surface area contributed by atoms with Gasteiger partial charge in [-0.25, -0.2) is 4.89 Å². The smallest absolute Gasteiger partial charge is 0.230 e. The molecule has 3 heterocycles. The van der Waals surface area contributed by atoms with Gasteiger partial charge >= 0.3 is 0 Å². The van der Waals surface area contributed by atoms with E-state index < -0.39 is 17.7 Å². The molecule has 120 valence electrons. The van der Waals surface area contributed by atoms with Gasteiger partial charge in [-0.05, 0) is 37.3 Å². The summed E-state index contributed by atoms with van der Waals surface area (Å²) in [4.78, 5) is 11.9. The molecule has 3 saturated heterocycles. The molecule has 4 nitrogen and oxygen atoms in total. The molecule has 0 radical (unpaired) electrons. The Kier molecular flexibility index (Phi) is 3.70. The molecule has 4 atom stereocenters. The molecule has 22 heavy (non-hydrogen) atoms. The Labute approximate surface area is 135 Å². The molecule has 0 unspecified atom stereocenters. The van der Waals surface area contributed by atoms with Crippen molar-refractivity contribution in [2.24, 2.45) is 5.92 Å². The van der Waals surface area contributed by atoms with Crippen LogP contribution in [0, 0.1) is 5.92 Å². The summed E-state index contributed by atoms with van der Waals surface area (Å²) < 4.78 is 12.0. The van der Waals surface area contributed by atoms with Crippen molar-refractivity contribution in [1.29, 1.82) is 0 Å². The Balaban J connectivity index is 1.73. The van der Waals surface area contributed by atoms with Crippen LogP contribution in [0.2, 0.25) is 5.02 Å². The number of fused-ring (bicyclic) bond motifs is 3. The lowest BCUT2D eigenvalue weighted by atomic mass is 9.73. The molecule has 1 saturated carbocycles. The van der Waals surface area contributed by atoms with Gasteiger partial charge in [-0.15, -0.1) is 0 Å². The lowest BCUT2D eigenvalue weighted by molar-refractivity contribution is -0.558. The zero-order valence-corrected chi connectivity index (χ0v) is 13.5. The van der Waals surface area contributed by atoms with Crippen molar-refractivity contribution in [2.75, 3.05) is 7.11 Å². The van der Waals surface area contributed by atoms with E-state index in [2.05, 4.69) is 0 Å². The number of ether oxygens (including phenoxy) is 2. The van der Waals surface area contributed by atoms with E-state index in [1.54, 1.807) is 7.11 Å². The summed E-state index contributed by atoms with van der Waals surface area (Å²) in [6.45, 7) is 0. The van der Waals surface area contributed by atoms with Gasteiger partial charge in [0.25, 0.3) is 0 Å². The average Bonchev–Trinajstić information content (AvgIpc) is 2.81. The second kappa shape index (κ2) is 5.46. The van der Waals surface area contributed by atoms with Crippen molar-refractivity contribution in [3.05, 3.63) is 34.9 Å². The molecule has 1 spiro atoms. The second-order valence-corrected chi connectivity index (χ2v) is 6.98. The quantitative estimate of drug-likeness (QED) is 0.765. The molecule has 2 bridgehead atoms. The molecule has 4 fully saturated rings. The van der Waals surface area contributed by atoms with Crippen LogP contribution in [0.5, 0.6) is 0 Å². The van der Waals surface area contributed by atoms with Gasteiger partial charge in [0, 0.05) is 24.1 Å². The van der Waals surface area contributed by atoms with E-state index in [4.69, 9.17) is 30.8 Å². The highest BCUT2D eigenvalue weighted by atomic mass is 35.5. The minimum atomic E-state index is -0.895. The predicted molar refractivity (Wildman–Crippen MR) is 81.1 cm³/mol. The van der Waals surface area contributed by atoms with Gasteiger partial charge in [0.2, 0.25) is 5.79 Å². The molecule has 4 aliphatic rings. The van der Waals surface area contributed by atoms with Gasteiger partial charge in [-0.1, -0.05) is 36.6 Å². The van der Waals surface area contributed by atoms with Crippen molar-refractivity contribution in [1.82, 2.24) is 0 Å². The monoisotopic (exact) mass is 324 g/mol. The zero-order valence-electron chi connectivity index (χ0n) is 12.7. The summed E-state index contributed by atoms with van der Waals surface area (Å²) >= 11 is 6.00. The minimum absolute atomic E-state index is 0.398. The molecule has 3 aliphatic heterocycles. The molecule has 1 aliphatic carbocycles. The number of hydrogen-bond donors (Lipinski definition) is 0. The number of methoxy groups -OCH3 is 1. The van der Waals surface area contributed by atoms with Crippen LogP contribution in [0.25, 0.3) is 0 Å². The van der Waals surface area contributed by atoms with E-state index >= 15 is 0 Å². The molecule has 5 heteroatoms. The highest BCUT2D eigenvalue weighted by Crippen LogP contribution is 2.55. The number of hydrogen-bond acceptors (Lipinski definition) is 4. The van der Waals surface area contributed by atoms with E-state index in [-0.39, 0.29) is 0 Å². The Morgan fingerprint density at radius 1 is 1.09 bits per heavy atom. The number of benzene rings is 1. The summed E-state index contributed by atoms with van der Waals surface area (Å²) in [5.41, 5.74) is 0.465. The molecule has 1 aromatic carbocycles. The first-order valence-electron chi connectivity index (χ1n) is 8.02. The minimum Gasteiger partial charge on any atom is -0.353 e. The van der Waals surface area contributed by atoms with E-state index in [1.807, 2.05) is 24.3 Å². The van der Waals surface area contributed by atoms with Crippen LogP contribution in [0.4, 0.5) is 0 Å². The van der Waals surface area contributed by atoms with Crippen LogP contribution in [0.15, 0.2) is 24.3 Å². The zero-order chi connectivity index (χ0) is 15.2. The molecule has 1 aromatic rings. The molecular weight excluding hydrogens is 304 g/mol. The third-order valence-corrected chi connectivity index (χ3v) is 5.66. The van der Waals surface area contributed by atoms with Crippen LogP contribution < -0.4 is 0 Å². The number of rotatable bonds is 2. The van der Waals surface area contributed by atoms with Gasteiger partial charge in [0.15, 0.2) is 11.9 Å². The van der Waals surface area contributed by atoms with Crippen LogP contribution >= 0.6 is 11.6 Å². The fraction of sp³-hybridized carbons (Fsp3) is 0.647. The molecule has 0 N–H and O–H groups in total. The van der Waals surface area contributed by atoms with Crippen molar-refractivity contribution in [3.8, 4) is 0 Å². The van der Waals surface area contributed by atoms with E-state index in [1.165, 1.54) is 6.42 Å².